The van der Waals surface area contributed by atoms with E-state index in [2.05, 4.69) is 5.32 Å². The van der Waals surface area contributed by atoms with Gasteiger partial charge in [0.1, 0.15) is 11.7 Å². The third-order valence-corrected chi connectivity index (χ3v) is 2.05. The molecule has 0 aromatic heterocycles. The second-order valence-electron chi connectivity index (χ2n) is 2.95. The molecule has 0 aromatic rings. The second-order valence-corrected chi connectivity index (χ2v) is 2.95. The van der Waals surface area contributed by atoms with E-state index in [0.717, 1.165) is 0 Å². The Hall–Kier alpha value is 0.380. The van der Waals surface area contributed by atoms with Gasteiger partial charge in [0.05, 0.1) is 6.10 Å². The van der Waals surface area contributed by atoms with Gasteiger partial charge in [0.2, 0.25) is 0 Å². The van der Waals surface area contributed by atoms with Gasteiger partial charge in [0.25, 0.3) is 0 Å². The Morgan fingerprint density at radius 3 is 2.31 bits per heavy atom. The number of piperidine rings is 1. The molecule has 0 spiro atoms. The van der Waals surface area contributed by atoms with E-state index in [1.165, 1.54) is 0 Å². The fourth-order valence-corrected chi connectivity index (χ4v) is 1.20. The van der Waals surface area contributed by atoms with Crippen LogP contribution in [0, 0.1) is 0 Å². The molecule has 7 heteroatoms. The van der Waals surface area contributed by atoms with Gasteiger partial charge in [-0.1, -0.05) is 0 Å². The van der Waals surface area contributed by atoms with Gasteiger partial charge in [0.15, 0.2) is 0 Å². The van der Waals surface area contributed by atoms with Crippen molar-refractivity contribution in [2.75, 3.05) is 19.6 Å². The molecule has 82 valence electrons. The highest BCUT2D eigenvalue weighted by Crippen LogP contribution is 2.15. The molecular formula is C6H16Cl2N2O3. The Balaban J connectivity index is 0. The lowest BCUT2D eigenvalue weighted by atomic mass is 9.89. The predicted molar refractivity (Wildman–Crippen MR) is 53.4 cm³/mol. The molecule has 1 heterocycles. The van der Waals surface area contributed by atoms with Gasteiger partial charge < -0.3 is 26.4 Å². The number of aliphatic hydroxyl groups excluding tert-OH is 2. The van der Waals surface area contributed by atoms with Crippen molar-refractivity contribution in [2.45, 2.75) is 17.8 Å². The van der Waals surface area contributed by atoms with E-state index >= 15 is 0 Å². The zero-order valence-electron chi connectivity index (χ0n) is 7.01. The predicted octanol–water partition coefficient (Wildman–Crippen LogP) is -2.16. The molecular weight excluding hydrogens is 219 g/mol. The number of aliphatic hydroxyl groups is 3. The van der Waals surface area contributed by atoms with Gasteiger partial charge in [-0.25, -0.2) is 0 Å². The number of nitrogens with one attached hydrogen (secondary N) is 1. The number of hydrogen-bond donors (Lipinski definition) is 5. The smallest absolute Gasteiger partial charge is 0.118 e. The van der Waals surface area contributed by atoms with Crippen LogP contribution >= 0.6 is 24.8 Å². The molecule has 0 aromatic carbocycles. The molecule has 13 heavy (non-hydrogen) atoms. The summed E-state index contributed by atoms with van der Waals surface area (Å²) in [6, 6.07) is 0. The first kappa shape index (κ1) is 15.8. The molecule has 1 aliphatic heterocycles. The largest absolute Gasteiger partial charge is 0.389 e. The van der Waals surface area contributed by atoms with E-state index in [-0.39, 0.29) is 37.9 Å². The van der Waals surface area contributed by atoms with Crippen molar-refractivity contribution in [3.63, 3.8) is 0 Å². The quantitative estimate of drug-likeness (QED) is 0.357. The Bertz CT molecular complexity index is 152. The minimum absolute atomic E-state index is 0. The Morgan fingerprint density at radius 2 is 1.92 bits per heavy atom. The first-order valence-corrected chi connectivity index (χ1v) is 3.59. The fourth-order valence-electron chi connectivity index (χ4n) is 1.20. The van der Waals surface area contributed by atoms with Crippen LogP contribution in [0.3, 0.4) is 0 Å². The fraction of sp³-hybridized carbons (Fsp3) is 1.00. The summed E-state index contributed by atoms with van der Waals surface area (Å²) in [5.74, 6) is 0. The summed E-state index contributed by atoms with van der Waals surface area (Å²) in [5, 5.41) is 30.7. The van der Waals surface area contributed by atoms with Crippen LogP contribution in [0.2, 0.25) is 0 Å². The van der Waals surface area contributed by atoms with Gasteiger partial charge in [-0.2, -0.15) is 0 Å². The molecule has 1 rings (SSSR count). The molecule has 0 saturated carbocycles. The first-order valence-electron chi connectivity index (χ1n) is 3.59. The summed E-state index contributed by atoms with van der Waals surface area (Å²) in [6.45, 7) is 0.462. The lowest BCUT2D eigenvalue weighted by Crippen LogP contribution is -2.65. The summed E-state index contributed by atoms with van der Waals surface area (Å²) >= 11 is 0. The zero-order chi connectivity index (χ0) is 8.48. The lowest BCUT2D eigenvalue weighted by molar-refractivity contribution is -0.135. The average molecular weight is 235 g/mol. The molecule has 0 aliphatic carbocycles. The van der Waals surface area contributed by atoms with E-state index in [4.69, 9.17) is 10.8 Å². The Morgan fingerprint density at radius 1 is 1.38 bits per heavy atom. The maximum atomic E-state index is 9.52. The standard InChI is InChI=1S/C6H14N2O3.2ClH/c7-2-6(11)3-8-1-4(9)5(6)10;;/h4-5,8-11H,1-3,7H2;2*1H/t4-,5+,6+;;/m0../s1. The maximum absolute atomic E-state index is 9.52. The average Bonchev–Trinajstić information content (AvgIpc) is 2.00. The highest BCUT2D eigenvalue weighted by atomic mass is 35.5. The molecule has 0 unspecified atom stereocenters. The van der Waals surface area contributed by atoms with Crippen LogP contribution in [0.1, 0.15) is 0 Å². The summed E-state index contributed by atoms with van der Waals surface area (Å²) in [7, 11) is 0. The minimum atomic E-state index is -1.38. The highest BCUT2D eigenvalue weighted by Gasteiger charge is 2.41. The van der Waals surface area contributed by atoms with Crippen molar-refractivity contribution in [1.29, 1.82) is 0 Å². The molecule has 0 radical (unpaired) electrons. The minimum Gasteiger partial charge on any atom is -0.389 e. The summed E-state index contributed by atoms with van der Waals surface area (Å²) < 4.78 is 0. The lowest BCUT2D eigenvalue weighted by Gasteiger charge is -2.39. The summed E-state index contributed by atoms with van der Waals surface area (Å²) in [6.07, 6.45) is -2.08. The van der Waals surface area contributed by atoms with E-state index in [9.17, 15) is 10.2 Å². The van der Waals surface area contributed by atoms with Gasteiger partial charge in [-0.3, -0.25) is 0 Å². The van der Waals surface area contributed by atoms with E-state index < -0.39 is 17.8 Å². The van der Waals surface area contributed by atoms with Crippen LogP contribution in [-0.4, -0.2) is 52.8 Å². The van der Waals surface area contributed by atoms with Gasteiger partial charge in [0, 0.05) is 19.6 Å². The first-order chi connectivity index (χ1) is 5.10. The third-order valence-electron chi connectivity index (χ3n) is 2.05. The molecule has 0 bridgehead atoms. The van der Waals surface area contributed by atoms with Crippen LogP contribution < -0.4 is 11.1 Å². The Labute approximate surface area is 89.1 Å². The van der Waals surface area contributed by atoms with Crippen molar-refractivity contribution in [3.8, 4) is 0 Å². The normalized spacial score (nSPS) is 38.8. The SMILES string of the molecule is Cl.Cl.NC[C@@]1(O)CNC[C@H](O)[C@H]1O. The highest BCUT2D eigenvalue weighted by molar-refractivity contribution is 5.85. The summed E-state index contributed by atoms with van der Waals surface area (Å²) in [5.41, 5.74) is 3.85. The molecule has 1 fully saturated rings. The van der Waals surface area contributed by atoms with Gasteiger partial charge >= 0.3 is 0 Å². The third kappa shape index (κ3) is 3.21. The number of rotatable bonds is 1. The van der Waals surface area contributed by atoms with E-state index in [1.807, 2.05) is 0 Å². The van der Waals surface area contributed by atoms with Crippen LogP contribution in [-0.2, 0) is 0 Å². The molecule has 3 atom stereocenters. The Kier molecular flexibility index (Phi) is 7.28. The van der Waals surface area contributed by atoms with Crippen molar-refractivity contribution in [2.24, 2.45) is 5.73 Å². The van der Waals surface area contributed by atoms with Gasteiger partial charge in [-0.05, 0) is 0 Å². The van der Waals surface area contributed by atoms with Crippen molar-refractivity contribution in [1.82, 2.24) is 5.32 Å². The molecule has 5 nitrogen and oxygen atoms in total. The van der Waals surface area contributed by atoms with E-state index in [1.54, 1.807) is 0 Å². The topological polar surface area (TPSA) is 98.7 Å². The van der Waals surface area contributed by atoms with Gasteiger partial charge in [-0.15, -0.1) is 24.8 Å². The molecule has 6 N–H and O–H groups in total. The molecule has 1 aliphatic rings. The molecule has 1 saturated heterocycles. The van der Waals surface area contributed by atoms with Crippen molar-refractivity contribution in [3.05, 3.63) is 0 Å². The number of halogens is 2. The van der Waals surface area contributed by atoms with Crippen LogP contribution in [0.4, 0.5) is 0 Å². The molecule has 0 amide bonds. The monoisotopic (exact) mass is 234 g/mol. The van der Waals surface area contributed by atoms with Crippen LogP contribution in [0.5, 0.6) is 0 Å². The van der Waals surface area contributed by atoms with Crippen LogP contribution in [0.15, 0.2) is 0 Å². The number of nitrogens with two attached hydrogens (primary N) is 1. The zero-order valence-corrected chi connectivity index (χ0v) is 8.64. The van der Waals surface area contributed by atoms with Crippen molar-refractivity contribution >= 4 is 24.8 Å². The van der Waals surface area contributed by atoms with Crippen LogP contribution in [0.25, 0.3) is 0 Å². The number of β-amino-alcohol motifs (C(OH)–C–C–N with tert-alkyl or cyclic N) is 2. The van der Waals surface area contributed by atoms with E-state index in [0.29, 0.717) is 6.54 Å². The maximum Gasteiger partial charge on any atom is 0.118 e. The summed E-state index contributed by atoms with van der Waals surface area (Å²) in [4.78, 5) is 0. The second kappa shape index (κ2) is 5.98. The van der Waals surface area contributed by atoms with Crippen molar-refractivity contribution < 1.29 is 15.3 Å². The number of hydrogen-bond acceptors (Lipinski definition) is 5.